The number of amides is 2. The average molecular weight is 384 g/mol. The first-order valence-corrected chi connectivity index (χ1v) is 9.08. The van der Waals surface area contributed by atoms with Crippen molar-refractivity contribution in [2.45, 2.75) is 13.0 Å². The number of carbonyl (C=O) groups is 2. The van der Waals surface area contributed by atoms with Gasteiger partial charge in [-0.05, 0) is 42.8 Å². The Balaban J connectivity index is 1.74. The summed E-state index contributed by atoms with van der Waals surface area (Å²) >= 11 is 0. The van der Waals surface area contributed by atoms with Gasteiger partial charge in [0.15, 0.2) is 6.61 Å². The summed E-state index contributed by atoms with van der Waals surface area (Å²) in [5.41, 5.74) is 2.00. The van der Waals surface area contributed by atoms with E-state index in [0.29, 0.717) is 42.4 Å². The number of anilines is 1. The quantitative estimate of drug-likeness (QED) is 0.743. The molecule has 0 saturated heterocycles. The van der Waals surface area contributed by atoms with Crippen molar-refractivity contribution in [3.63, 3.8) is 0 Å². The number of nitrogens with zero attached hydrogens (tertiary/aromatic N) is 1. The second-order valence-corrected chi connectivity index (χ2v) is 6.46. The Morgan fingerprint density at radius 1 is 1.21 bits per heavy atom. The molecule has 2 aromatic carbocycles. The van der Waals surface area contributed by atoms with E-state index < -0.39 is 0 Å². The molecule has 1 aliphatic rings. The molecule has 1 heterocycles. The van der Waals surface area contributed by atoms with Crippen molar-refractivity contribution >= 4 is 17.5 Å². The highest BCUT2D eigenvalue weighted by Crippen LogP contribution is 2.27. The molecule has 0 spiro atoms. The molecular weight excluding hydrogens is 360 g/mol. The van der Waals surface area contributed by atoms with Crippen molar-refractivity contribution < 1.29 is 23.8 Å². The summed E-state index contributed by atoms with van der Waals surface area (Å²) in [6.07, 6.45) is 0.754. The smallest absolute Gasteiger partial charge is 0.260 e. The van der Waals surface area contributed by atoms with Gasteiger partial charge in [0.05, 0.1) is 7.11 Å². The third kappa shape index (κ3) is 4.80. The normalized spacial score (nSPS) is 13.4. The largest absolute Gasteiger partial charge is 0.497 e. The lowest BCUT2D eigenvalue weighted by Gasteiger charge is -2.20. The first kappa shape index (κ1) is 19.7. The molecular formula is C21H24N2O5. The van der Waals surface area contributed by atoms with Gasteiger partial charge in [-0.15, -0.1) is 0 Å². The van der Waals surface area contributed by atoms with Crippen LogP contribution in [0.2, 0.25) is 0 Å². The molecule has 7 heteroatoms. The van der Waals surface area contributed by atoms with Crippen LogP contribution in [-0.2, 0) is 16.1 Å². The maximum atomic E-state index is 12.5. The Bertz CT molecular complexity index is 852. The molecule has 148 valence electrons. The maximum absolute atomic E-state index is 12.5. The van der Waals surface area contributed by atoms with Crippen LogP contribution in [0.5, 0.6) is 11.5 Å². The fraction of sp³-hybridized carbons (Fsp3) is 0.333. The zero-order valence-electron chi connectivity index (χ0n) is 16.1. The Labute approximate surface area is 164 Å². The maximum Gasteiger partial charge on any atom is 0.260 e. The topological polar surface area (TPSA) is 77.1 Å². The van der Waals surface area contributed by atoms with Crippen LogP contribution in [0, 0.1) is 0 Å². The van der Waals surface area contributed by atoms with Crippen LogP contribution >= 0.6 is 0 Å². The van der Waals surface area contributed by atoms with E-state index in [1.54, 1.807) is 55.5 Å². The lowest BCUT2D eigenvalue weighted by molar-refractivity contribution is -0.133. The molecule has 1 N–H and O–H groups in total. The average Bonchev–Trinajstić information content (AvgIpc) is 2.87. The summed E-state index contributed by atoms with van der Waals surface area (Å²) in [5, 5.41) is 2.88. The number of methoxy groups -OCH3 is 2. The number of nitrogens with one attached hydrogen (secondary N) is 1. The van der Waals surface area contributed by atoms with Crippen LogP contribution in [-0.4, -0.2) is 50.7 Å². The van der Waals surface area contributed by atoms with E-state index in [1.807, 2.05) is 6.07 Å². The molecule has 2 amide bonds. The van der Waals surface area contributed by atoms with Gasteiger partial charge in [0, 0.05) is 43.6 Å². The standard InChI is InChI=1S/C21H24N2O5/c1-26-10-4-9-23-13-16-11-17(7-8-19(16)28-14-20(23)24)22-21(25)15-5-3-6-18(12-15)27-2/h3,5-8,11-12H,4,9-10,13-14H2,1-2H3,(H,22,25). The van der Waals surface area contributed by atoms with Crippen molar-refractivity contribution in [1.29, 1.82) is 0 Å². The van der Waals surface area contributed by atoms with Crippen molar-refractivity contribution in [3.05, 3.63) is 53.6 Å². The second kappa shape index (κ2) is 9.23. The van der Waals surface area contributed by atoms with E-state index in [-0.39, 0.29) is 18.4 Å². The molecule has 0 radical (unpaired) electrons. The van der Waals surface area contributed by atoms with E-state index >= 15 is 0 Å². The lowest BCUT2D eigenvalue weighted by atomic mass is 10.1. The van der Waals surface area contributed by atoms with E-state index in [2.05, 4.69) is 5.32 Å². The highest BCUT2D eigenvalue weighted by molar-refractivity contribution is 6.04. The Morgan fingerprint density at radius 2 is 2.07 bits per heavy atom. The molecule has 0 unspecified atom stereocenters. The van der Waals surface area contributed by atoms with E-state index in [1.165, 1.54) is 0 Å². The van der Waals surface area contributed by atoms with Crippen LogP contribution < -0.4 is 14.8 Å². The van der Waals surface area contributed by atoms with E-state index in [9.17, 15) is 9.59 Å². The van der Waals surface area contributed by atoms with Crippen molar-refractivity contribution in [2.75, 3.05) is 39.3 Å². The third-order valence-electron chi connectivity index (χ3n) is 4.49. The number of rotatable bonds is 7. The van der Waals surface area contributed by atoms with Crippen LogP contribution in [0.1, 0.15) is 22.3 Å². The monoisotopic (exact) mass is 384 g/mol. The predicted molar refractivity (Wildman–Crippen MR) is 105 cm³/mol. The van der Waals surface area contributed by atoms with Crippen LogP contribution in [0.3, 0.4) is 0 Å². The lowest BCUT2D eigenvalue weighted by Crippen LogP contribution is -2.33. The van der Waals surface area contributed by atoms with Gasteiger partial charge in [-0.25, -0.2) is 0 Å². The fourth-order valence-electron chi connectivity index (χ4n) is 3.02. The van der Waals surface area contributed by atoms with Gasteiger partial charge < -0.3 is 24.4 Å². The highest BCUT2D eigenvalue weighted by Gasteiger charge is 2.21. The summed E-state index contributed by atoms with van der Waals surface area (Å²) in [4.78, 5) is 26.5. The minimum Gasteiger partial charge on any atom is -0.497 e. The number of fused-ring (bicyclic) bond motifs is 1. The predicted octanol–water partition coefficient (Wildman–Crippen LogP) is 2.71. The van der Waals surface area contributed by atoms with Gasteiger partial charge in [0.1, 0.15) is 11.5 Å². The number of carbonyl (C=O) groups excluding carboxylic acids is 2. The molecule has 0 bridgehead atoms. The number of ether oxygens (including phenoxy) is 3. The van der Waals surface area contributed by atoms with Crippen LogP contribution in [0.4, 0.5) is 5.69 Å². The van der Waals surface area contributed by atoms with Gasteiger partial charge in [0.25, 0.3) is 11.8 Å². The van der Waals surface area contributed by atoms with Gasteiger partial charge in [-0.2, -0.15) is 0 Å². The molecule has 28 heavy (non-hydrogen) atoms. The summed E-state index contributed by atoms with van der Waals surface area (Å²) in [7, 11) is 3.20. The fourth-order valence-corrected chi connectivity index (χ4v) is 3.02. The Morgan fingerprint density at radius 3 is 2.86 bits per heavy atom. The first-order valence-electron chi connectivity index (χ1n) is 9.08. The molecule has 1 aliphatic heterocycles. The molecule has 0 fully saturated rings. The highest BCUT2D eigenvalue weighted by atomic mass is 16.5. The molecule has 0 atom stereocenters. The van der Waals surface area contributed by atoms with Crippen LogP contribution in [0.25, 0.3) is 0 Å². The minimum atomic E-state index is -0.235. The third-order valence-corrected chi connectivity index (χ3v) is 4.49. The number of hydrogen-bond donors (Lipinski definition) is 1. The van der Waals surface area contributed by atoms with Gasteiger partial charge >= 0.3 is 0 Å². The Hall–Kier alpha value is -3.06. The van der Waals surface area contributed by atoms with Gasteiger partial charge in [-0.3, -0.25) is 9.59 Å². The minimum absolute atomic E-state index is 0.00942. The summed E-state index contributed by atoms with van der Waals surface area (Å²) in [5.74, 6) is 0.978. The molecule has 0 saturated carbocycles. The van der Waals surface area contributed by atoms with Crippen molar-refractivity contribution in [3.8, 4) is 11.5 Å². The molecule has 0 aromatic heterocycles. The number of benzene rings is 2. The summed E-state index contributed by atoms with van der Waals surface area (Å²) < 4.78 is 15.8. The zero-order chi connectivity index (χ0) is 19.9. The molecule has 0 aliphatic carbocycles. The van der Waals surface area contributed by atoms with E-state index in [4.69, 9.17) is 14.2 Å². The van der Waals surface area contributed by atoms with Crippen molar-refractivity contribution in [1.82, 2.24) is 4.90 Å². The molecule has 2 aromatic rings. The van der Waals surface area contributed by atoms with E-state index in [0.717, 1.165) is 12.0 Å². The van der Waals surface area contributed by atoms with Gasteiger partial charge in [0.2, 0.25) is 0 Å². The Kier molecular flexibility index (Phi) is 6.49. The summed E-state index contributed by atoms with van der Waals surface area (Å²) in [6, 6.07) is 12.3. The second-order valence-electron chi connectivity index (χ2n) is 6.46. The SMILES string of the molecule is COCCCN1Cc2cc(NC(=O)c3cccc(OC)c3)ccc2OCC1=O. The van der Waals surface area contributed by atoms with Crippen molar-refractivity contribution in [2.24, 2.45) is 0 Å². The molecule has 7 nitrogen and oxygen atoms in total. The van der Waals surface area contributed by atoms with Crippen LogP contribution in [0.15, 0.2) is 42.5 Å². The van der Waals surface area contributed by atoms with Gasteiger partial charge in [-0.1, -0.05) is 6.07 Å². The molecule has 3 rings (SSSR count). The zero-order valence-corrected chi connectivity index (χ0v) is 16.1. The summed E-state index contributed by atoms with van der Waals surface area (Å²) in [6.45, 7) is 1.63. The number of hydrogen-bond acceptors (Lipinski definition) is 5. The first-order chi connectivity index (χ1) is 13.6.